The van der Waals surface area contributed by atoms with Crippen molar-refractivity contribution in [2.24, 2.45) is 11.7 Å². The number of nitrogens with zero attached hydrogens (tertiary/aromatic N) is 5. The lowest BCUT2D eigenvalue weighted by Gasteiger charge is -2.31. The first-order valence-electron chi connectivity index (χ1n) is 10.8. The molecule has 4 aromatic rings. The number of ether oxygens (including phenoxy) is 1. The lowest BCUT2D eigenvalue weighted by molar-refractivity contribution is 0.438. The molecule has 6 rings (SSSR count). The normalized spacial score (nSPS) is 21.6. The Morgan fingerprint density at radius 2 is 2.18 bits per heavy atom. The summed E-state index contributed by atoms with van der Waals surface area (Å²) in [5.74, 6) is 1.19. The van der Waals surface area contributed by atoms with Crippen LogP contribution in [0.2, 0.25) is 0 Å². The third-order valence-corrected chi connectivity index (χ3v) is 6.68. The number of hydrogen-bond donors (Lipinski definition) is 3. The molecule has 1 aliphatic carbocycles. The van der Waals surface area contributed by atoms with Gasteiger partial charge in [0.1, 0.15) is 34.8 Å². The molecule has 33 heavy (non-hydrogen) atoms. The molecule has 2 bridgehead atoms. The molecule has 3 aromatic heterocycles. The van der Waals surface area contributed by atoms with E-state index < -0.39 is 0 Å². The summed E-state index contributed by atoms with van der Waals surface area (Å²) in [6, 6.07) is 8.77. The Kier molecular flexibility index (Phi) is 4.35. The van der Waals surface area contributed by atoms with Gasteiger partial charge in [0.15, 0.2) is 0 Å². The second kappa shape index (κ2) is 7.28. The number of aromatic amines is 1. The first kappa shape index (κ1) is 19.7. The number of hydrogen-bond acceptors (Lipinski definition) is 8. The summed E-state index contributed by atoms with van der Waals surface area (Å²) < 4.78 is 20.4. The lowest BCUT2D eigenvalue weighted by Crippen LogP contribution is -2.41. The fourth-order valence-corrected chi connectivity index (χ4v) is 5.14. The number of nitrogens with two attached hydrogens (primary N) is 1. The van der Waals surface area contributed by atoms with Crippen molar-refractivity contribution < 1.29 is 9.13 Å². The molecule has 166 valence electrons. The van der Waals surface area contributed by atoms with Crippen LogP contribution in [-0.4, -0.2) is 45.6 Å². The van der Waals surface area contributed by atoms with Gasteiger partial charge in [-0.3, -0.25) is 0 Å². The van der Waals surface area contributed by atoms with Gasteiger partial charge in [-0.15, -0.1) is 0 Å². The van der Waals surface area contributed by atoms with E-state index in [1.165, 1.54) is 18.3 Å². The van der Waals surface area contributed by atoms with Crippen LogP contribution < -0.4 is 20.7 Å². The molecule has 0 amide bonds. The zero-order valence-electron chi connectivity index (χ0n) is 17.8. The van der Waals surface area contributed by atoms with Crippen molar-refractivity contribution in [1.82, 2.24) is 19.9 Å². The summed E-state index contributed by atoms with van der Waals surface area (Å²) in [4.78, 5) is 19.0. The molecule has 10 heteroatoms. The van der Waals surface area contributed by atoms with Crippen LogP contribution in [0.3, 0.4) is 0 Å². The number of fused-ring (bicyclic) bond motifs is 5. The maximum atomic E-state index is 14.4. The van der Waals surface area contributed by atoms with Crippen molar-refractivity contribution in [2.75, 3.05) is 23.8 Å². The highest BCUT2D eigenvalue weighted by molar-refractivity contribution is 6.14. The highest BCUT2D eigenvalue weighted by atomic mass is 19.1. The number of anilines is 2. The summed E-state index contributed by atoms with van der Waals surface area (Å²) in [6.07, 6.45) is 3.37. The van der Waals surface area contributed by atoms with E-state index in [9.17, 15) is 4.39 Å². The van der Waals surface area contributed by atoms with E-state index in [1.54, 1.807) is 19.2 Å². The monoisotopic (exact) mass is 444 g/mol. The fourth-order valence-electron chi connectivity index (χ4n) is 5.14. The van der Waals surface area contributed by atoms with E-state index in [1.807, 2.05) is 6.07 Å². The molecule has 0 spiro atoms. The highest BCUT2D eigenvalue weighted by Crippen LogP contribution is 2.44. The van der Waals surface area contributed by atoms with Gasteiger partial charge in [-0.2, -0.15) is 15.2 Å². The zero-order chi connectivity index (χ0) is 22.7. The molecule has 2 aliphatic rings. The molecule has 1 aromatic carbocycles. The maximum absolute atomic E-state index is 14.4. The van der Waals surface area contributed by atoms with Gasteiger partial charge in [-0.1, -0.05) is 0 Å². The summed E-state index contributed by atoms with van der Waals surface area (Å²) in [7, 11) is 1.75. The Morgan fingerprint density at radius 3 is 2.85 bits per heavy atom. The number of aromatic nitrogens is 4. The number of nitriles is 1. The van der Waals surface area contributed by atoms with Crippen molar-refractivity contribution in [2.45, 2.75) is 24.9 Å². The molecular weight excluding hydrogens is 423 g/mol. The topological polar surface area (TPSA) is 129 Å². The van der Waals surface area contributed by atoms with Gasteiger partial charge < -0.3 is 25.7 Å². The van der Waals surface area contributed by atoms with Crippen LogP contribution in [0.25, 0.3) is 21.9 Å². The summed E-state index contributed by atoms with van der Waals surface area (Å²) in [5.41, 5.74) is 8.52. The van der Waals surface area contributed by atoms with Gasteiger partial charge in [0.05, 0.1) is 22.8 Å². The molecular formula is C23H21FN8O. The van der Waals surface area contributed by atoms with E-state index in [0.717, 1.165) is 30.3 Å². The van der Waals surface area contributed by atoms with Crippen molar-refractivity contribution in [3.05, 3.63) is 42.0 Å². The van der Waals surface area contributed by atoms with E-state index in [0.29, 0.717) is 39.9 Å². The Morgan fingerprint density at radius 1 is 1.30 bits per heavy atom. The average molecular weight is 444 g/mol. The van der Waals surface area contributed by atoms with Gasteiger partial charge in [-0.05, 0) is 43.0 Å². The summed E-state index contributed by atoms with van der Waals surface area (Å²) >= 11 is 0. The van der Waals surface area contributed by atoms with Gasteiger partial charge in [0.2, 0.25) is 0 Å². The third kappa shape index (κ3) is 3.12. The maximum Gasteiger partial charge on any atom is 0.326 e. The Bertz CT molecular complexity index is 1420. The molecule has 1 aliphatic heterocycles. The van der Waals surface area contributed by atoms with Gasteiger partial charge in [0.25, 0.3) is 0 Å². The summed E-state index contributed by atoms with van der Waals surface area (Å²) in [5, 5.41) is 13.5. The number of H-pyrrole nitrogens is 1. The molecule has 9 nitrogen and oxygen atoms in total. The van der Waals surface area contributed by atoms with E-state index in [-0.39, 0.29) is 23.9 Å². The second-order valence-electron chi connectivity index (χ2n) is 8.60. The minimum atomic E-state index is -0.340. The fraction of sp³-hybridized carbons (Fsp3) is 0.304. The van der Waals surface area contributed by atoms with E-state index in [4.69, 9.17) is 20.7 Å². The third-order valence-electron chi connectivity index (χ3n) is 6.68. The number of nitrogens with one attached hydrogen (secondary N) is 2. The van der Waals surface area contributed by atoms with Crippen LogP contribution in [0, 0.1) is 23.1 Å². The van der Waals surface area contributed by atoms with Crippen LogP contribution in [0.5, 0.6) is 11.8 Å². The van der Waals surface area contributed by atoms with Gasteiger partial charge >= 0.3 is 6.01 Å². The molecule has 2 fully saturated rings. The predicted octanol–water partition coefficient (Wildman–Crippen LogP) is 3.28. The first-order chi connectivity index (χ1) is 16.0. The second-order valence-corrected chi connectivity index (χ2v) is 8.60. The number of benzene rings is 1. The summed E-state index contributed by atoms with van der Waals surface area (Å²) in [6.45, 7) is 0.788. The molecule has 2 unspecified atom stereocenters. The Labute approximate surface area is 188 Å². The molecule has 4 N–H and O–H groups in total. The highest BCUT2D eigenvalue weighted by Gasteiger charge is 2.44. The van der Waals surface area contributed by atoms with E-state index >= 15 is 0 Å². The van der Waals surface area contributed by atoms with Gasteiger partial charge in [0, 0.05) is 31.1 Å². The van der Waals surface area contributed by atoms with Crippen LogP contribution in [0.4, 0.5) is 15.9 Å². The Balaban J connectivity index is 1.53. The van der Waals surface area contributed by atoms with Crippen molar-refractivity contribution in [1.29, 1.82) is 5.26 Å². The van der Waals surface area contributed by atoms with Crippen molar-refractivity contribution in [3.63, 3.8) is 0 Å². The van der Waals surface area contributed by atoms with Crippen LogP contribution in [0.1, 0.15) is 18.5 Å². The molecule has 1 saturated carbocycles. The standard InChI is InChI=1S/C23H21FN8O/c1-27-18-6-12(24)5-16-19-21(29-20(16)18)30-23(33-15-3-2-13(8-25)28-9-15)31-22(19)32-10-11-4-14(32)7-17(11)26/h2-3,5-6,9,11,14,17,27H,4,7,10,26H2,1H3,(H,29,30,31)/t11-,14?,17?/m1/s1. The van der Waals surface area contributed by atoms with Crippen LogP contribution in [0.15, 0.2) is 30.5 Å². The molecule has 1 saturated heterocycles. The zero-order valence-corrected chi connectivity index (χ0v) is 17.8. The van der Waals surface area contributed by atoms with Crippen LogP contribution >= 0.6 is 0 Å². The number of rotatable bonds is 4. The lowest BCUT2D eigenvalue weighted by atomic mass is 10.0. The SMILES string of the molecule is CNc1cc(F)cc2c1[nH]c1nc(Oc3ccc(C#N)nc3)nc(N3C[C@H]4CC3CC4N)c12. The van der Waals surface area contributed by atoms with Crippen molar-refractivity contribution in [3.8, 4) is 17.8 Å². The number of halogens is 1. The van der Waals surface area contributed by atoms with Gasteiger partial charge in [-0.25, -0.2) is 9.37 Å². The molecule has 3 atom stereocenters. The van der Waals surface area contributed by atoms with Crippen molar-refractivity contribution >= 4 is 33.4 Å². The molecule has 0 radical (unpaired) electrons. The Hall–Kier alpha value is -3.97. The van der Waals surface area contributed by atoms with E-state index in [2.05, 4.69) is 25.2 Å². The van der Waals surface area contributed by atoms with Crippen LogP contribution in [-0.2, 0) is 0 Å². The molecule has 4 heterocycles. The average Bonchev–Trinajstić information content (AvgIpc) is 3.50. The minimum Gasteiger partial charge on any atom is -0.423 e. The quantitative estimate of drug-likeness (QED) is 0.437. The number of piperidine rings is 1. The smallest absolute Gasteiger partial charge is 0.326 e. The number of pyridine rings is 1. The first-order valence-corrected chi connectivity index (χ1v) is 10.8. The largest absolute Gasteiger partial charge is 0.423 e. The predicted molar refractivity (Wildman–Crippen MR) is 122 cm³/mol. The minimum absolute atomic E-state index is 0.147.